The molecule has 0 aliphatic carbocycles. The van der Waals surface area contributed by atoms with Crippen molar-refractivity contribution < 1.29 is 19.1 Å². The second kappa shape index (κ2) is 11.0. The number of hydrogen-bond acceptors (Lipinski definition) is 4. The van der Waals surface area contributed by atoms with E-state index in [1.54, 1.807) is 45.0 Å². The van der Waals surface area contributed by atoms with Crippen molar-refractivity contribution in [3.8, 4) is 12.5 Å². The maximum absolute atomic E-state index is 13.6. The Hall–Kier alpha value is -4.31. The van der Waals surface area contributed by atoms with Crippen LogP contribution in [0, 0.1) is 19.4 Å². The van der Waals surface area contributed by atoms with Crippen molar-refractivity contribution >= 4 is 34.4 Å². The first-order valence-electron chi connectivity index (χ1n) is 11.6. The first kappa shape index (κ1) is 26.3. The molecule has 2 atom stereocenters. The standard InChI is InChI=1S/C29H31N3O4/c1-7-32(27(34)20(3)30-28(35)36-29(4,5)6)25(23-14-10-11-19(2)17-23)26(33)31-24-16-15-21-12-8-9-13-22(21)18-24/h1,8-18,20,25H,2-6H3,(H,30,35)(H,31,33). The number of ether oxygens (including phenoxy) is 1. The molecule has 36 heavy (non-hydrogen) atoms. The quantitative estimate of drug-likeness (QED) is 0.373. The zero-order chi connectivity index (χ0) is 26.5. The molecule has 0 aromatic heterocycles. The molecule has 3 amide bonds. The number of amides is 3. The second-order valence-electron chi connectivity index (χ2n) is 9.57. The van der Waals surface area contributed by atoms with Gasteiger partial charge in [0.15, 0.2) is 0 Å². The maximum Gasteiger partial charge on any atom is 0.408 e. The number of carbonyl (C=O) groups excluding carboxylic acids is 3. The predicted octanol–water partition coefficient (Wildman–Crippen LogP) is 5.16. The van der Waals surface area contributed by atoms with Gasteiger partial charge in [-0.05, 0) is 63.1 Å². The topological polar surface area (TPSA) is 87.7 Å². The van der Waals surface area contributed by atoms with E-state index in [-0.39, 0.29) is 0 Å². The summed E-state index contributed by atoms with van der Waals surface area (Å²) < 4.78 is 5.24. The summed E-state index contributed by atoms with van der Waals surface area (Å²) in [6.07, 6.45) is 5.00. The Labute approximate surface area is 211 Å². The molecule has 0 saturated carbocycles. The monoisotopic (exact) mass is 485 g/mol. The fraction of sp³-hybridized carbons (Fsp3) is 0.276. The van der Waals surface area contributed by atoms with Crippen molar-refractivity contribution in [2.75, 3.05) is 5.32 Å². The minimum atomic E-state index is -1.13. The zero-order valence-corrected chi connectivity index (χ0v) is 21.2. The molecule has 0 fully saturated rings. The van der Waals surface area contributed by atoms with Crippen molar-refractivity contribution in [1.29, 1.82) is 0 Å². The van der Waals surface area contributed by atoms with Crippen LogP contribution in [0.2, 0.25) is 0 Å². The molecule has 0 bridgehead atoms. The number of fused-ring (bicyclic) bond motifs is 1. The number of nitrogens with one attached hydrogen (secondary N) is 2. The molecule has 3 rings (SSSR count). The number of aryl methyl sites for hydroxylation is 1. The highest BCUT2D eigenvalue weighted by Crippen LogP contribution is 2.26. The van der Waals surface area contributed by atoms with Crippen LogP contribution in [0.1, 0.15) is 44.9 Å². The lowest BCUT2D eigenvalue weighted by atomic mass is 10.0. The van der Waals surface area contributed by atoms with Crippen LogP contribution >= 0.6 is 0 Å². The minimum Gasteiger partial charge on any atom is -0.444 e. The van der Waals surface area contributed by atoms with Crippen molar-refractivity contribution in [3.63, 3.8) is 0 Å². The molecule has 0 aliphatic rings. The van der Waals surface area contributed by atoms with Gasteiger partial charge in [0.25, 0.3) is 11.8 Å². The zero-order valence-electron chi connectivity index (χ0n) is 21.2. The van der Waals surface area contributed by atoms with Crippen LogP contribution in [0.25, 0.3) is 10.8 Å². The molecule has 7 nitrogen and oxygen atoms in total. The molecule has 186 valence electrons. The van der Waals surface area contributed by atoms with Gasteiger partial charge < -0.3 is 15.4 Å². The molecule has 7 heteroatoms. The van der Waals surface area contributed by atoms with Gasteiger partial charge in [0.2, 0.25) is 0 Å². The largest absolute Gasteiger partial charge is 0.444 e. The fourth-order valence-electron chi connectivity index (χ4n) is 3.76. The van der Waals surface area contributed by atoms with E-state index in [1.807, 2.05) is 49.4 Å². The van der Waals surface area contributed by atoms with E-state index >= 15 is 0 Å². The lowest BCUT2D eigenvalue weighted by Gasteiger charge is -2.29. The third-order valence-corrected chi connectivity index (χ3v) is 5.36. The van der Waals surface area contributed by atoms with E-state index < -0.39 is 35.6 Å². The molecule has 0 radical (unpaired) electrons. The lowest BCUT2D eigenvalue weighted by molar-refractivity contribution is -0.136. The van der Waals surface area contributed by atoms with Crippen LogP contribution in [-0.4, -0.2) is 34.5 Å². The molecular formula is C29H31N3O4. The van der Waals surface area contributed by atoms with Crippen molar-refractivity contribution in [3.05, 3.63) is 77.9 Å². The SMILES string of the molecule is C#CN(C(=O)C(C)NC(=O)OC(C)(C)C)C(C(=O)Nc1ccc2ccccc2c1)c1cccc(C)c1. The maximum atomic E-state index is 13.6. The summed E-state index contributed by atoms with van der Waals surface area (Å²) in [5, 5.41) is 7.39. The van der Waals surface area contributed by atoms with Gasteiger partial charge in [-0.2, -0.15) is 0 Å². The summed E-state index contributed by atoms with van der Waals surface area (Å²) in [5.41, 5.74) is 1.28. The van der Waals surface area contributed by atoms with Crippen LogP contribution in [0.3, 0.4) is 0 Å². The fourth-order valence-corrected chi connectivity index (χ4v) is 3.76. The number of carbonyl (C=O) groups is 3. The Kier molecular flexibility index (Phi) is 8.00. The Morgan fingerprint density at radius 3 is 2.31 bits per heavy atom. The first-order valence-corrected chi connectivity index (χ1v) is 11.6. The van der Waals surface area contributed by atoms with Gasteiger partial charge in [-0.3, -0.25) is 14.5 Å². The Morgan fingerprint density at radius 1 is 0.972 bits per heavy atom. The number of terminal acetylenes is 1. The number of benzene rings is 3. The normalized spacial score (nSPS) is 12.7. The average molecular weight is 486 g/mol. The van der Waals surface area contributed by atoms with Gasteiger partial charge >= 0.3 is 6.09 Å². The number of alkyl carbamates (subject to hydrolysis) is 1. The number of rotatable bonds is 6. The van der Waals surface area contributed by atoms with Gasteiger partial charge in [-0.1, -0.05) is 66.6 Å². The first-order chi connectivity index (χ1) is 17.0. The molecular weight excluding hydrogens is 454 g/mol. The summed E-state index contributed by atoms with van der Waals surface area (Å²) in [5.74, 6) is -1.10. The highest BCUT2D eigenvalue weighted by Gasteiger charge is 2.34. The summed E-state index contributed by atoms with van der Waals surface area (Å²) in [7, 11) is 0. The molecule has 0 spiro atoms. The van der Waals surface area contributed by atoms with E-state index in [9.17, 15) is 14.4 Å². The van der Waals surface area contributed by atoms with Crippen LogP contribution in [0.5, 0.6) is 0 Å². The second-order valence-corrected chi connectivity index (χ2v) is 9.57. The van der Waals surface area contributed by atoms with E-state index in [1.165, 1.54) is 6.92 Å². The third-order valence-electron chi connectivity index (χ3n) is 5.36. The van der Waals surface area contributed by atoms with Gasteiger partial charge in [0.1, 0.15) is 17.7 Å². The molecule has 2 N–H and O–H groups in total. The van der Waals surface area contributed by atoms with Crippen molar-refractivity contribution in [2.24, 2.45) is 0 Å². The van der Waals surface area contributed by atoms with E-state index in [2.05, 4.69) is 16.7 Å². The van der Waals surface area contributed by atoms with E-state index in [0.29, 0.717) is 11.3 Å². The van der Waals surface area contributed by atoms with Crippen LogP contribution in [0.4, 0.5) is 10.5 Å². The van der Waals surface area contributed by atoms with Gasteiger partial charge in [-0.15, -0.1) is 0 Å². The predicted molar refractivity (Wildman–Crippen MR) is 141 cm³/mol. The summed E-state index contributed by atoms with van der Waals surface area (Å²) in [4.78, 5) is 40.1. The van der Waals surface area contributed by atoms with E-state index in [4.69, 9.17) is 11.2 Å². The molecule has 0 saturated heterocycles. The average Bonchev–Trinajstić information content (AvgIpc) is 2.80. The molecule has 3 aromatic carbocycles. The summed E-state index contributed by atoms with van der Waals surface area (Å²) in [6.45, 7) is 8.54. The Bertz CT molecular complexity index is 1320. The van der Waals surface area contributed by atoms with E-state index in [0.717, 1.165) is 21.2 Å². The molecule has 2 unspecified atom stereocenters. The van der Waals surface area contributed by atoms with Gasteiger partial charge in [-0.25, -0.2) is 4.79 Å². The molecule has 0 aliphatic heterocycles. The van der Waals surface area contributed by atoms with Gasteiger partial charge in [0, 0.05) is 11.7 Å². The van der Waals surface area contributed by atoms with Crippen molar-refractivity contribution in [1.82, 2.24) is 10.2 Å². The Morgan fingerprint density at radius 2 is 1.67 bits per heavy atom. The van der Waals surface area contributed by atoms with Crippen LogP contribution in [-0.2, 0) is 14.3 Å². The van der Waals surface area contributed by atoms with Gasteiger partial charge in [0.05, 0.1) is 0 Å². The number of hydrogen-bond donors (Lipinski definition) is 2. The number of anilines is 1. The smallest absolute Gasteiger partial charge is 0.408 e. The highest BCUT2D eigenvalue weighted by molar-refractivity contribution is 6.00. The summed E-state index contributed by atoms with van der Waals surface area (Å²) in [6, 6.07) is 20.8. The van der Waals surface area contributed by atoms with Crippen LogP contribution < -0.4 is 10.6 Å². The van der Waals surface area contributed by atoms with Crippen LogP contribution in [0.15, 0.2) is 66.7 Å². The lowest BCUT2D eigenvalue weighted by Crippen LogP contribution is -2.49. The van der Waals surface area contributed by atoms with Crippen molar-refractivity contribution in [2.45, 2.75) is 52.3 Å². The minimum absolute atomic E-state index is 0.480. The molecule has 0 heterocycles. The molecule has 3 aromatic rings. The third kappa shape index (κ3) is 6.63. The highest BCUT2D eigenvalue weighted by atomic mass is 16.6. The Balaban J connectivity index is 1.90. The summed E-state index contributed by atoms with van der Waals surface area (Å²) >= 11 is 0. The number of nitrogens with zero attached hydrogens (tertiary/aromatic N) is 1.